The smallest absolute Gasteiger partial charge is 0.315 e. The molecule has 1 fully saturated rings. The van der Waals surface area contributed by atoms with Gasteiger partial charge in [-0.3, -0.25) is 0 Å². The molecular formula is C16H20N4O2S. The number of hydrogen-bond acceptors (Lipinski definition) is 5. The topological polar surface area (TPSA) is 76.1 Å². The number of aryl methyl sites for hydroxylation is 1. The summed E-state index contributed by atoms with van der Waals surface area (Å²) in [7, 11) is 0. The van der Waals surface area contributed by atoms with Crippen molar-refractivity contribution in [1.29, 1.82) is 0 Å². The summed E-state index contributed by atoms with van der Waals surface area (Å²) < 4.78 is 5.58. The largest absolute Gasteiger partial charge is 0.477 e. The predicted octanol–water partition coefficient (Wildman–Crippen LogP) is 2.63. The number of urea groups is 1. The molecule has 1 aliphatic rings. The van der Waals surface area contributed by atoms with E-state index in [1.165, 1.54) is 12.8 Å². The Morgan fingerprint density at radius 3 is 2.83 bits per heavy atom. The lowest BCUT2D eigenvalue weighted by atomic mass is 10.3. The van der Waals surface area contributed by atoms with Crippen LogP contribution in [-0.2, 0) is 13.1 Å². The van der Waals surface area contributed by atoms with Crippen LogP contribution in [0.3, 0.4) is 0 Å². The van der Waals surface area contributed by atoms with Crippen LogP contribution in [0.2, 0.25) is 0 Å². The lowest BCUT2D eigenvalue weighted by molar-refractivity contribution is 0.240. The number of thiazole rings is 1. The number of nitrogens with zero attached hydrogens (tertiary/aromatic N) is 2. The first-order valence-electron chi connectivity index (χ1n) is 7.69. The van der Waals surface area contributed by atoms with Crippen molar-refractivity contribution >= 4 is 17.4 Å². The summed E-state index contributed by atoms with van der Waals surface area (Å²) in [5.41, 5.74) is 1.81. The van der Waals surface area contributed by atoms with E-state index < -0.39 is 0 Å². The van der Waals surface area contributed by atoms with Crippen molar-refractivity contribution < 1.29 is 9.53 Å². The molecule has 6 nitrogen and oxygen atoms in total. The summed E-state index contributed by atoms with van der Waals surface area (Å²) >= 11 is 1.57. The molecule has 0 unspecified atom stereocenters. The molecule has 0 atom stereocenters. The minimum absolute atomic E-state index is 0.218. The van der Waals surface area contributed by atoms with E-state index in [1.54, 1.807) is 17.5 Å². The van der Waals surface area contributed by atoms with Crippen molar-refractivity contribution in [3.63, 3.8) is 0 Å². The minimum atomic E-state index is -0.218. The average molecular weight is 332 g/mol. The van der Waals surface area contributed by atoms with E-state index in [9.17, 15) is 4.79 Å². The molecule has 1 aliphatic carbocycles. The molecule has 0 bridgehead atoms. The highest BCUT2D eigenvalue weighted by Gasteiger charge is 2.22. The van der Waals surface area contributed by atoms with Crippen molar-refractivity contribution in [3.8, 4) is 5.88 Å². The summed E-state index contributed by atoms with van der Waals surface area (Å²) in [6, 6.07) is 3.54. The van der Waals surface area contributed by atoms with Crippen LogP contribution < -0.4 is 15.4 Å². The second-order valence-corrected chi connectivity index (χ2v) is 6.72. The Morgan fingerprint density at radius 2 is 2.17 bits per heavy atom. The van der Waals surface area contributed by atoms with Crippen molar-refractivity contribution in [2.45, 2.75) is 32.9 Å². The molecule has 0 spiro atoms. The number of nitrogens with one attached hydrogen (secondary N) is 2. The van der Waals surface area contributed by atoms with E-state index in [0.29, 0.717) is 24.9 Å². The van der Waals surface area contributed by atoms with Gasteiger partial charge in [-0.2, -0.15) is 0 Å². The third-order valence-electron chi connectivity index (χ3n) is 3.51. The fourth-order valence-corrected chi connectivity index (χ4v) is 2.61. The second kappa shape index (κ2) is 7.41. The van der Waals surface area contributed by atoms with Gasteiger partial charge in [-0.25, -0.2) is 14.8 Å². The summed E-state index contributed by atoms with van der Waals surface area (Å²) in [6.45, 7) is 3.56. The summed E-state index contributed by atoms with van der Waals surface area (Å²) in [4.78, 5) is 20.3. The average Bonchev–Trinajstić information content (AvgIpc) is 3.30. The lowest BCUT2D eigenvalue weighted by Gasteiger charge is -2.08. The van der Waals surface area contributed by atoms with E-state index in [1.807, 2.05) is 24.4 Å². The number of carbonyl (C=O) groups excluding carboxylic acids is 1. The first-order valence-corrected chi connectivity index (χ1v) is 8.57. The van der Waals surface area contributed by atoms with Crippen molar-refractivity contribution in [2.75, 3.05) is 6.61 Å². The molecular weight excluding hydrogens is 312 g/mol. The van der Waals surface area contributed by atoms with Crippen LogP contribution >= 0.6 is 11.3 Å². The standard InChI is InChI=1S/C16H20N4O2S/c1-11-20-14(10-23-11)8-19-16(21)18-7-13-4-5-15(17-6-13)22-9-12-2-3-12/h4-6,10,12H,2-3,7-9H2,1H3,(H2,18,19,21). The molecule has 2 aromatic rings. The molecule has 0 aromatic carbocycles. The van der Waals surface area contributed by atoms with Crippen LogP contribution in [0.1, 0.15) is 29.1 Å². The van der Waals surface area contributed by atoms with E-state index in [0.717, 1.165) is 22.9 Å². The van der Waals surface area contributed by atoms with E-state index >= 15 is 0 Å². The maximum atomic E-state index is 11.8. The Kier molecular flexibility index (Phi) is 5.07. The van der Waals surface area contributed by atoms with Gasteiger partial charge in [0.25, 0.3) is 0 Å². The van der Waals surface area contributed by atoms with Gasteiger partial charge in [-0.05, 0) is 31.2 Å². The van der Waals surface area contributed by atoms with E-state index in [-0.39, 0.29) is 6.03 Å². The first kappa shape index (κ1) is 15.7. The first-order chi connectivity index (χ1) is 11.2. The molecule has 2 amide bonds. The maximum Gasteiger partial charge on any atom is 0.315 e. The van der Waals surface area contributed by atoms with Crippen molar-refractivity contribution in [2.24, 2.45) is 5.92 Å². The zero-order chi connectivity index (χ0) is 16.1. The highest BCUT2D eigenvalue weighted by atomic mass is 32.1. The molecule has 2 N–H and O–H groups in total. The Bertz CT molecular complexity index is 652. The Balaban J connectivity index is 1.37. The Hall–Kier alpha value is -2.15. The number of hydrogen-bond donors (Lipinski definition) is 2. The summed E-state index contributed by atoms with van der Waals surface area (Å²) in [6.07, 6.45) is 4.25. The normalized spacial score (nSPS) is 13.6. The zero-order valence-electron chi connectivity index (χ0n) is 13.0. The lowest BCUT2D eigenvalue weighted by Crippen LogP contribution is -2.34. The van der Waals surface area contributed by atoms with Gasteiger partial charge < -0.3 is 15.4 Å². The van der Waals surface area contributed by atoms with Gasteiger partial charge in [-0.15, -0.1) is 11.3 Å². The molecule has 23 heavy (non-hydrogen) atoms. The summed E-state index contributed by atoms with van der Waals surface area (Å²) in [5.74, 6) is 1.35. The van der Waals surface area contributed by atoms with Crippen LogP contribution in [0.4, 0.5) is 4.79 Å². The fourth-order valence-electron chi connectivity index (χ4n) is 1.99. The van der Waals surface area contributed by atoms with Crippen LogP contribution in [-0.4, -0.2) is 22.6 Å². The third-order valence-corrected chi connectivity index (χ3v) is 4.33. The molecule has 2 heterocycles. The van der Waals surface area contributed by atoms with Crippen LogP contribution in [0, 0.1) is 12.8 Å². The van der Waals surface area contributed by atoms with E-state index in [2.05, 4.69) is 20.6 Å². The van der Waals surface area contributed by atoms with Gasteiger partial charge in [0.1, 0.15) is 0 Å². The van der Waals surface area contributed by atoms with Gasteiger partial charge >= 0.3 is 6.03 Å². The molecule has 2 aromatic heterocycles. The van der Waals surface area contributed by atoms with Crippen molar-refractivity contribution in [3.05, 3.63) is 40.0 Å². The molecule has 7 heteroatoms. The second-order valence-electron chi connectivity index (χ2n) is 5.65. The van der Waals surface area contributed by atoms with Gasteiger partial charge in [0.2, 0.25) is 5.88 Å². The molecule has 3 rings (SSSR count). The number of amides is 2. The fraction of sp³-hybridized carbons (Fsp3) is 0.438. The van der Waals surface area contributed by atoms with E-state index in [4.69, 9.17) is 4.74 Å². The highest BCUT2D eigenvalue weighted by Crippen LogP contribution is 2.29. The number of pyridine rings is 1. The van der Waals surface area contributed by atoms with Crippen LogP contribution in [0.25, 0.3) is 0 Å². The molecule has 122 valence electrons. The molecule has 0 aliphatic heterocycles. The molecule has 1 saturated carbocycles. The quantitative estimate of drug-likeness (QED) is 0.817. The molecule has 0 saturated heterocycles. The highest BCUT2D eigenvalue weighted by molar-refractivity contribution is 7.09. The minimum Gasteiger partial charge on any atom is -0.477 e. The number of ether oxygens (including phenoxy) is 1. The Morgan fingerprint density at radius 1 is 1.35 bits per heavy atom. The van der Waals surface area contributed by atoms with Crippen molar-refractivity contribution in [1.82, 2.24) is 20.6 Å². The summed E-state index contributed by atoms with van der Waals surface area (Å²) in [5, 5.41) is 8.52. The van der Waals surface area contributed by atoms with Gasteiger partial charge in [0.15, 0.2) is 0 Å². The number of aromatic nitrogens is 2. The SMILES string of the molecule is Cc1nc(CNC(=O)NCc2ccc(OCC3CC3)nc2)cs1. The molecule has 0 radical (unpaired) electrons. The van der Waals surface area contributed by atoms with Gasteiger partial charge in [0, 0.05) is 24.2 Å². The maximum absolute atomic E-state index is 11.8. The van der Waals surface area contributed by atoms with Gasteiger partial charge in [0.05, 0.1) is 23.9 Å². The van der Waals surface area contributed by atoms with Crippen LogP contribution in [0.15, 0.2) is 23.7 Å². The Labute approximate surface area is 139 Å². The predicted molar refractivity (Wildman–Crippen MR) is 88.4 cm³/mol. The van der Waals surface area contributed by atoms with Gasteiger partial charge in [-0.1, -0.05) is 6.07 Å². The zero-order valence-corrected chi connectivity index (χ0v) is 13.9. The third kappa shape index (κ3) is 5.21. The monoisotopic (exact) mass is 332 g/mol. The van der Waals surface area contributed by atoms with Crippen LogP contribution in [0.5, 0.6) is 5.88 Å². The number of carbonyl (C=O) groups is 1. The number of rotatable bonds is 7.